The van der Waals surface area contributed by atoms with E-state index in [1.165, 1.54) is 0 Å². The van der Waals surface area contributed by atoms with E-state index >= 15 is 0 Å². The predicted octanol–water partition coefficient (Wildman–Crippen LogP) is 0.563. The fourth-order valence-electron chi connectivity index (χ4n) is 5.27. The van der Waals surface area contributed by atoms with Gasteiger partial charge in [0.25, 0.3) is 0 Å². The van der Waals surface area contributed by atoms with E-state index in [1.54, 1.807) is 0 Å². The Bertz CT molecular complexity index is 834. The van der Waals surface area contributed by atoms with Crippen LogP contribution in [0.2, 0.25) is 0 Å². The van der Waals surface area contributed by atoms with Gasteiger partial charge in [-0.2, -0.15) is 0 Å². The summed E-state index contributed by atoms with van der Waals surface area (Å²) in [6.45, 7) is 9.33. The van der Waals surface area contributed by atoms with Crippen molar-refractivity contribution in [3.05, 3.63) is 40.9 Å². The lowest BCUT2D eigenvalue weighted by Gasteiger charge is -2.43. The number of hydrogen-bond donors (Lipinski definition) is 3. The Morgan fingerprint density at radius 2 is 2.13 bits per heavy atom. The highest BCUT2D eigenvalue weighted by Gasteiger charge is 2.40. The molecule has 3 saturated heterocycles. The Hall–Kier alpha value is -2.20. The number of rotatable bonds is 5. The van der Waals surface area contributed by atoms with Crippen molar-refractivity contribution in [2.45, 2.75) is 38.6 Å². The van der Waals surface area contributed by atoms with Crippen molar-refractivity contribution in [1.29, 1.82) is 0 Å². The minimum Gasteiger partial charge on any atom is -0.632 e. The molecule has 0 spiro atoms. The lowest BCUT2D eigenvalue weighted by Crippen LogP contribution is -2.47. The molecule has 3 N–H and O–H groups in total. The molecule has 4 aliphatic heterocycles. The standard InChI is InChI=1S/C22H34N8O/c1-2-24-22-26-13-18-15-30(31,16-19-4-3-9-29(19)21(18)27-22)14-17-5-6-20(25-12-17)28-10-7-23-8-11-28/h5-6,12-13,19,22-24,26H,2-4,7-11,14-16H2,1H3/t19?,22-,30?/m0/s1. The van der Waals surface area contributed by atoms with E-state index in [4.69, 9.17) is 4.99 Å². The van der Waals surface area contributed by atoms with Crippen LogP contribution in [0.5, 0.6) is 0 Å². The fourth-order valence-corrected chi connectivity index (χ4v) is 5.27. The van der Waals surface area contributed by atoms with E-state index in [2.05, 4.69) is 49.8 Å². The topological polar surface area (TPSA) is 90.9 Å². The number of nitrogens with one attached hydrogen (secondary N) is 3. The molecule has 3 atom stereocenters. The van der Waals surface area contributed by atoms with Crippen LogP contribution >= 0.6 is 0 Å². The van der Waals surface area contributed by atoms with Gasteiger partial charge >= 0.3 is 0 Å². The summed E-state index contributed by atoms with van der Waals surface area (Å²) in [5.74, 6) is 2.01. The van der Waals surface area contributed by atoms with E-state index in [-0.39, 0.29) is 17.0 Å². The number of anilines is 1. The summed E-state index contributed by atoms with van der Waals surface area (Å²) in [5, 5.41) is 24.1. The summed E-state index contributed by atoms with van der Waals surface area (Å²) in [6.07, 6.45) is 5.98. The van der Waals surface area contributed by atoms with E-state index in [1.807, 2.05) is 12.4 Å². The van der Waals surface area contributed by atoms with Crippen LogP contribution < -0.4 is 20.9 Å². The van der Waals surface area contributed by atoms with Crippen LogP contribution in [0.3, 0.4) is 0 Å². The minimum atomic E-state index is -0.256. The molecule has 5 heterocycles. The molecule has 0 aliphatic carbocycles. The lowest BCUT2D eigenvalue weighted by atomic mass is 10.1. The van der Waals surface area contributed by atoms with Gasteiger partial charge in [0, 0.05) is 50.7 Å². The van der Waals surface area contributed by atoms with Gasteiger partial charge in [-0.05, 0) is 31.5 Å². The van der Waals surface area contributed by atoms with Gasteiger partial charge in [0.15, 0.2) is 6.29 Å². The molecule has 1 aromatic rings. The van der Waals surface area contributed by atoms with Gasteiger partial charge in [0.1, 0.15) is 24.7 Å². The van der Waals surface area contributed by atoms with Crippen LogP contribution in [0, 0.1) is 5.21 Å². The van der Waals surface area contributed by atoms with Gasteiger partial charge < -0.3 is 30.3 Å². The monoisotopic (exact) mass is 426 g/mol. The molecule has 2 unspecified atom stereocenters. The molecule has 31 heavy (non-hydrogen) atoms. The SMILES string of the molecule is CCN[C@@H]1N=C2C(=CN1)C[N+]([O-])(Cc1ccc(N3CCNCC3)nc1)CC1CCCN21. The molecular weight excluding hydrogens is 392 g/mol. The summed E-state index contributed by atoms with van der Waals surface area (Å²) in [6, 6.07) is 4.42. The summed E-state index contributed by atoms with van der Waals surface area (Å²) >= 11 is 0. The normalized spacial score (nSPS) is 30.6. The van der Waals surface area contributed by atoms with Gasteiger partial charge in [-0.3, -0.25) is 5.32 Å². The second-order valence-corrected chi connectivity index (χ2v) is 9.06. The molecule has 168 valence electrons. The van der Waals surface area contributed by atoms with Crippen LogP contribution in [0.15, 0.2) is 35.1 Å². The molecule has 9 nitrogen and oxygen atoms in total. The maximum Gasteiger partial charge on any atom is 0.175 e. The first-order chi connectivity index (χ1) is 15.1. The summed E-state index contributed by atoms with van der Waals surface area (Å²) in [4.78, 5) is 14.3. The number of aliphatic imine (C=N–C) groups is 1. The first-order valence-electron chi connectivity index (χ1n) is 11.6. The highest BCUT2D eigenvalue weighted by molar-refractivity contribution is 5.99. The van der Waals surface area contributed by atoms with E-state index in [0.29, 0.717) is 19.6 Å². The zero-order valence-corrected chi connectivity index (χ0v) is 18.4. The molecule has 9 heteroatoms. The van der Waals surface area contributed by atoms with Gasteiger partial charge in [-0.1, -0.05) is 6.92 Å². The largest absolute Gasteiger partial charge is 0.632 e. The molecule has 4 aliphatic rings. The first kappa shape index (κ1) is 20.7. The zero-order valence-electron chi connectivity index (χ0n) is 18.4. The van der Waals surface area contributed by atoms with Gasteiger partial charge in [0.05, 0.1) is 18.2 Å². The van der Waals surface area contributed by atoms with Crippen molar-refractivity contribution < 1.29 is 4.65 Å². The second-order valence-electron chi connectivity index (χ2n) is 9.06. The third kappa shape index (κ3) is 4.41. The minimum absolute atomic E-state index is 0.113. The van der Waals surface area contributed by atoms with Gasteiger partial charge in [-0.15, -0.1) is 0 Å². The first-order valence-corrected chi connectivity index (χ1v) is 11.6. The smallest absolute Gasteiger partial charge is 0.175 e. The third-order valence-electron chi connectivity index (χ3n) is 6.72. The van der Waals surface area contributed by atoms with Gasteiger partial charge in [0.2, 0.25) is 0 Å². The average Bonchev–Trinajstić information content (AvgIpc) is 3.19. The molecule has 3 fully saturated rings. The maximum absolute atomic E-state index is 14.0. The average molecular weight is 427 g/mol. The number of fused-ring (bicyclic) bond motifs is 3. The van der Waals surface area contributed by atoms with E-state index < -0.39 is 0 Å². The number of aromatic nitrogens is 1. The van der Waals surface area contributed by atoms with Crippen molar-refractivity contribution in [2.24, 2.45) is 4.99 Å². The summed E-state index contributed by atoms with van der Waals surface area (Å²) in [7, 11) is 0. The number of piperazine rings is 1. The number of amidine groups is 1. The number of pyridine rings is 1. The highest BCUT2D eigenvalue weighted by atomic mass is 16.5. The Balaban J connectivity index is 1.34. The number of hydrogen-bond acceptors (Lipinski definition) is 8. The van der Waals surface area contributed by atoms with Crippen molar-refractivity contribution >= 4 is 11.7 Å². The molecule has 0 aromatic carbocycles. The molecule has 0 radical (unpaired) electrons. The van der Waals surface area contributed by atoms with E-state index in [0.717, 1.165) is 74.9 Å². The molecule has 5 rings (SSSR count). The lowest BCUT2D eigenvalue weighted by molar-refractivity contribution is -0.889. The van der Waals surface area contributed by atoms with Crippen LogP contribution in [-0.4, -0.2) is 85.1 Å². The maximum atomic E-state index is 14.0. The Labute approximate surface area is 184 Å². The predicted molar refractivity (Wildman–Crippen MR) is 122 cm³/mol. The van der Waals surface area contributed by atoms with Crippen LogP contribution in [-0.2, 0) is 6.54 Å². The summed E-state index contributed by atoms with van der Waals surface area (Å²) in [5.41, 5.74) is 2.03. The molecular formula is C22H34N8O. The highest BCUT2D eigenvalue weighted by Crippen LogP contribution is 2.31. The Morgan fingerprint density at radius 1 is 1.26 bits per heavy atom. The number of quaternary nitrogens is 1. The zero-order chi connectivity index (χ0) is 21.3. The molecule has 0 saturated carbocycles. The van der Waals surface area contributed by atoms with Crippen LogP contribution in [0.1, 0.15) is 25.3 Å². The van der Waals surface area contributed by atoms with E-state index in [9.17, 15) is 5.21 Å². The van der Waals surface area contributed by atoms with Crippen molar-refractivity contribution in [3.8, 4) is 0 Å². The summed E-state index contributed by atoms with van der Waals surface area (Å²) < 4.78 is -0.256. The van der Waals surface area contributed by atoms with Gasteiger partial charge in [-0.25, -0.2) is 9.98 Å². The molecule has 0 bridgehead atoms. The van der Waals surface area contributed by atoms with Crippen molar-refractivity contribution in [1.82, 2.24) is 25.8 Å². The Morgan fingerprint density at radius 3 is 2.90 bits per heavy atom. The third-order valence-corrected chi connectivity index (χ3v) is 6.72. The molecule has 1 aromatic heterocycles. The quantitative estimate of drug-likeness (QED) is 0.468. The van der Waals surface area contributed by atoms with Crippen molar-refractivity contribution in [2.75, 3.05) is 57.3 Å². The second kappa shape index (κ2) is 8.74. The van der Waals surface area contributed by atoms with Crippen molar-refractivity contribution in [3.63, 3.8) is 0 Å². The van der Waals surface area contributed by atoms with Crippen LogP contribution in [0.25, 0.3) is 0 Å². The van der Waals surface area contributed by atoms with Crippen LogP contribution in [0.4, 0.5) is 5.82 Å². The number of nitrogens with zero attached hydrogens (tertiary/aromatic N) is 5. The number of hydroxylamine groups is 3. The molecule has 0 amide bonds. The fraction of sp³-hybridized carbons (Fsp3) is 0.636. The Kier molecular flexibility index (Phi) is 5.83.